The van der Waals surface area contributed by atoms with Gasteiger partial charge in [0.2, 0.25) is 0 Å². The van der Waals surface area contributed by atoms with Crippen molar-refractivity contribution in [3.8, 4) is 0 Å². The molecule has 120 valence electrons. The number of rotatable bonds is 3. The Morgan fingerprint density at radius 3 is 2.45 bits per heavy atom. The molecule has 2 atom stereocenters. The first kappa shape index (κ1) is 15.5. The van der Waals surface area contributed by atoms with Crippen molar-refractivity contribution in [3.05, 3.63) is 29.8 Å². The van der Waals surface area contributed by atoms with Crippen LogP contribution in [0.1, 0.15) is 50.5 Å². The van der Waals surface area contributed by atoms with Gasteiger partial charge in [0.05, 0.1) is 4.90 Å². The summed E-state index contributed by atoms with van der Waals surface area (Å²) < 4.78 is 24.5. The minimum Gasteiger partial charge on any atom is -0.200 e. The summed E-state index contributed by atoms with van der Waals surface area (Å²) in [5, 5.41) is 4.24. The Hall–Kier alpha value is -1.36. The van der Waals surface area contributed by atoms with Gasteiger partial charge < -0.3 is 0 Å². The predicted molar refractivity (Wildman–Crippen MR) is 88.2 cm³/mol. The number of nitrogens with zero attached hydrogens (tertiary/aromatic N) is 1. The maximum absolute atomic E-state index is 12.3. The fraction of sp³-hybridized carbons (Fsp3) is 0.588. The smallest absolute Gasteiger partial charge is 0.200 e. The van der Waals surface area contributed by atoms with E-state index in [1.165, 1.54) is 32.1 Å². The van der Waals surface area contributed by atoms with Gasteiger partial charge >= 0.3 is 0 Å². The van der Waals surface area contributed by atoms with Crippen molar-refractivity contribution in [1.29, 1.82) is 0 Å². The Morgan fingerprint density at radius 1 is 1.05 bits per heavy atom. The van der Waals surface area contributed by atoms with Gasteiger partial charge in [0.25, 0.3) is 10.0 Å². The molecule has 4 nitrogen and oxygen atoms in total. The predicted octanol–water partition coefficient (Wildman–Crippen LogP) is 3.62. The molecule has 2 fully saturated rings. The Bertz CT molecular complexity index is 650. The molecule has 22 heavy (non-hydrogen) atoms. The molecule has 5 heteroatoms. The van der Waals surface area contributed by atoms with Crippen LogP contribution in [0.3, 0.4) is 0 Å². The molecule has 2 aliphatic rings. The topological polar surface area (TPSA) is 58.5 Å². The van der Waals surface area contributed by atoms with Crippen LogP contribution in [0.15, 0.2) is 34.3 Å². The van der Waals surface area contributed by atoms with Crippen molar-refractivity contribution in [2.75, 3.05) is 0 Å². The maximum atomic E-state index is 12.3. The molecule has 0 bridgehead atoms. The Balaban J connectivity index is 1.67. The first-order chi connectivity index (χ1) is 10.6. The highest BCUT2D eigenvalue weighted by atomic mass is 32.2. The van der Waals surface area contributed by atoms with Crippen molar-refractivity contribution in [2.45, 2.75) is 56.8 Å². The average molecular weight is 320 g/mol. The van der Waals surface area contributed by atoms with E-state index >= 15 is 0 Å². The zero-order chi connectivity index (χ0) is 15.6. The second-order valence-corrected chi connectivity index (χ2v) is 8.23. The van der Waals surface area contributed by atoms with Gasteiger partial charge in [-0.25, -0.2) is 4.83 Å². The summed E-state index contributed by atoms with van der Waals surface area (Å²) in [6, 6.07) is 6.85. The summed E-state index contributed by atoms with van der Waals surface area (Å²) in [6.07, 6.45) is 8.58. The zero-order valence-corrected chi connectivity index (χ0v) is 13.9. The van der Waals surface area contributed by atoms with E-state index in [1.54, 1.807) is 24.3 Å². The summed E-state index contributed by atoms with van der Waals surface area (Å²) >= 11 is 0. The number of hydrogen-bond donors (Lipinski definition) is 1. The number of sulfonamides is 1. The summed E-state index contributed by atoms with van der Waals surface area (Å²) in [6.45, 7) is 1.94. The van der Waals surface area contributed by atoms with E-state index in [1.807, 2.05) is 6.92 Å². The van der Waals surface area contributed by atoms with Gasteiger partial charge in [0.15, 0.2) is 0 Å². The van der Waals surface area contributed by atoms with Crippen molar-refractivity contribution < 1.29 is 8.42 Å². The standard InChI is InChI=1S/C17H24N2O2S/c1-13-8-10-15(11-9-13)22(20,21)19-18-17-12-14-6-4-2-3-5-7-16(14)17/h8-11,14,16,19H,2-7,12H2,1H3/b18-17+. The molecule has 0 heterocycles. The van der Waals surface area contributed by atoms with Crippen LogP contribution in [0.4, 0.5) is 0 Å². The normalized spacial score (nSPS) is 27.4. The number of aryl methyl sites for hydroxylation is 1. The molecule has 1 N–H and O–H groups in total. The average Bonchev–Trinajstić information content (AvgIpc) is 2.46. The van der Waals surface area contributed by atoms with E-state index in [9.17, 15) is 8.42 Å². The summed E-state index contributed by atoms with van der Waals surface area (Å²) in [5.41, 5.74) is 2.09. The van der Waals surface area contributed by atoms with Gasteiger partial charge in [-0.05, 0) is 44.2 Å². The molecule has 0 saturated heterocycles. The first-order valence-electron chi connectivity index (χ1n) is 8.21. The Labute approximate surface area is 133 Å². The molecule has 0 aliphatic heterocycles. The van der Waals surface area contributed by atoms with Gasteiger partial charge in [-0.15, -0.1) is 0 Å². The van der Waals surface area contributed by atoms with Crippen LogP contribution in [0.2, 0.25) is 0 Å². The zero-order valence-electron chi connectivity index (χ0n) is 13.1. The third kappa shape index (κ3) is 3.35. The van der Waals surface area contributed by atoms with E-state index < -0.39 is 10.0 Å². The van der Waals surface area contributed by atoms with Gasteiger partial charge in [-0.3, -0.25) is 0 Å². The number of fused-ring (bicyclic) bond motifs is 1. The van der Waals surface area contributed by atoms with E-state index in [4.69, 9.17) is 0 Å². The number of nitrogens with one attached hydrogen (secondary N) is 1. The fourth-order valence-electron chi connectivity index (χ4n) is 3.52. The van der Waals surface area contributed by atoms with Crippen LogP contribution in [0, 0.1) is 18.8 Å². The molecule has 0 radical (unpaired) electrons. The van der Waals surface area contributed by atoms with Gasteiger partial charge in [-0.1, -0.05) is 43.4 Å². The highest BCUT2D eigenvalue weighted by Crippen LogP contribution is 2.40. The molecule has 0 amide bonds. The lowest BCUT2D eigenvalue weighted by Gasteiger charge is -2.39. The molecule has 0 aromatic heterocycles. The van der Waals surface area contributed by atoms with Crippen LogP contribution in [0.5, 0.6) is 0 Å². The van der Waals surface area contributed by atoms with Crippen LogP contribution in [-0.4, -0.2) is 14.1 Å². The summed E-state index contributed by atoms with van der Waals surface area (Å²) in [5.74, 6) is 1.23. The lowest BCUT2D eigenvalue weighted by molar-refractivity contribution is 0.278. The van der Waals surface area contributed by atoms with Gasteiger partial charge in [0, 0.05) is 11.6 Å². The lowest BCUT2D eigenvalue weighted by Crippen LogP contribution is -2.39. The van der Waals surface area contributed by atoms with E-state index in [0.29, 0.717) is 5.92 Å². The minimum absolute atomic E-state index is 0.274. The van der Waals surface area contributed by atoms with E-state index in [-0.39, 0.29) is 4.90 Å². The van der Waals surface area contributed by atoms with Crippen molar-refractivity contribution in [1.82, 2.24) is 4.83 Å². The van der Waals surface area contributed by atoms with E-state index in [2.05, 4.69) is 9.93 Å². The second kappa shape index (κ2) is 6.41. The fourth-order valence-corrected chi connectivity index (χ4v) is 4.36. The van der Waals surface area contributed by atoms with Crippen molar-refractivity contribution in [3.63, 3.8) is 0 Å². The maximum Gasteiger partial charge on any atom is 0.276 e. The van der Waals surface area contributed by atoms with Gasteiger partial charge in [-0.2, -0.15) is 13.5 Å². The quantitative estimate of drug-likeness (QED) is 0.865. The number of hydrazone groups is 1. The Morgan fingerprint density at radius 2 is 1.73 bits per heavy atom. The van der Waals surface area contributed by atoms with E-state index in [0.717, 1.165) is 30.0 Å². The third-order valence-electron chi connectivity index (χ3n) is 4.95. The summed E-state index contributed by atoms with van der Waals surface area (Å²) in [4.78, 5) is 2.70. The number of benzene rings is 1. The SMILES string of the molecule is Cc1ccc(S(=O)(=O)N/N=C2\CC3CCCCCCC23)cc1. The lowest BCUT2D eigenvalue weighted by atomic mass is 9.66. The van der Waals surface area contributed by atoms with Crippen LogP contribution in [-0.2, 0) is 10.0 Å². The number of hydrogen-bond acceptors (Lipinski definition) is 3. The molecular formula is C17H24N2O2S. The monoisotopic (exact) mass is 320 g/mol. The van der Waals surface area contributed by atoms with Crippen molar-refractivity contribution in [2.24, 2.45) is 16.9 Å². The molecule has 3 rings (SSSR count). The highest BCUT2D eigenvalue weighted by molar-refractivity contribution is 7.89. The van der Waals surface area contributed by atoms with Gasteiger partial charge in [0.1, 0.15) is 0 Å². The van der Waals surface area contributed by atoms with Crippen LogP contribution >= 0.6 is 0 Å². The molecular weight excluding hydrogens is 296 g/mol. The molecule has 0 spiro atoms. The second-order valence-electron chi connectivity index (χ2n) is 6.57. The molecule has 2 saturated carbocycles. The Kier molecular flexibility index (Phi) is 4.52. The largest absolute Gasteiger partial charge is 0.276 e. The van der Waals surface area contributed by atoms with Crippen molar-refractivity contribution >= 4 is 15.7 Å². The third-order valence-corrected chi connectivity index (χ3v) is 6.17. The molecule has 2 unspecified atom stereocenters. The highest BCUT2D eigenvalue weighted by Gasteiger charge is 2.37. The molecule has 2 aliphatic carbocycles. The summed E-state index contributed by atoms with van der Waals surface area (Å²) in [7, 11) is -3.54. The van der Waals surface area contributed by atoms with Crippen LogP contribution in [0.25, 0.3) is 0 Å². The molecule has 1 aromatic rings. The minimum atomic E-state index is -3.54. The molecule has 1 aromatic carbocycles. The first-order valence-corrected chi connectivity index (χ1v) is 9.69. The van der Waals surface area contributed by atoms with Crippen LogP contribution < -0.4 is 4.83 Å².